The number of aromatic amines is 1. The Labute approximate surface area is 175 Å². The van der Waals surface area contributed by atoms with Crippen molar-refractivity contribution in [3.63, 3.8) is 0 Å². The minimum atomic E-state index is 0. The molecule has 0 unspecified atom stereocenters. The van der Waals surface area contributed by atoms with Gasteiger partial charge in [0, 0.05) is 42.5 Å². The highest BCUT2D eigenvalue weighted by Crippen LogP contribution is 2.32. The minimum absolute atomic E-state index is 0. The molecule has 8 nitrogen and oxygen atoms in total. The van der Waals surface area contributed by atoms with E-state index in [1.54, 1.807) is 24.7 Å². The average molecular weight is 424 g/mol. The van der Waals surface area contributed by atoms with Crippen LogP contribution in [0.2, 0.25) is 0 Å². The van der Waals surface area contributed by atoms with Crippen LogP contribution >= 0.6 is 24.8 Å². The molecule has 0 saturated carbocycles. The molecule has 0 amide bonds. The van der Waals surface area contributed by atoms with E-state index in [-0.39, 0.29) is 36.1 Å². The molecule has 0 spiro atoms. The summed E-state index contributed by atoms with van der Waals surface area (Å²) >= 11 is 0. The molecule has 28 heavy (non-hydrogen) atoms. The Kier molecular flexibility index (Phi) is 6.82. The number of hydrogen-bond acceptors (Lipinski definition) is 7. The number of halogens is 2. The molecule has 0 bridgehead atoms. The Bertz CT molecular complexity index is 901. The number of phenols is 1. The lowest BCUT2D eigenvalue weighted by Crippen LogP contribution is -2.57. The Balaban J connectivity index is 0.00000140. The summed E-state index contributed by atoms with van der Waals surface area (Å²) in [7, 11) is 0. The van der Waals surface area contributed by atoms with E-state index in [0.717, 1.165) is 30.8 Å². The van der Waals surface area contributed by atoms with Crippen LogP contribution in [0, 0.1) is 0 Å². The molecule has 1 aliphatic heterocycles. The summed E-state index contributed by atoms with van der Waals surface area (Å²) in [5.74, 6) is 0.744. The van der Waals surface area contributed by atoms with Crippen molar-refractivity contribution in [3.05, 3.63) is 36.8 Å². The highest BCUT2D eigenvalue weighted by Gasteiger charge is 2.27. The fourth-order valence-corrected chi connectivity index (χ4v) is 3.19. The second-order valence-electron chi connectivity index (χ2n) is 7.09. The molecule has 2 aromatic heterocycles. The maximum atomic E-state index is 10.4. The highest BCUT2D eigenvalue weighted by molar-refractivity contribution is 5.85. The van der Waals surface area contributed by atoms with Gasteiger partial charge in [-0.15, -0.1) is 35.0 Å². The molecule has 1 fully saturated rings. The van der Waals surface area contributed by atoms with Crippen molar-refractivity contribution in [1.29, 1.82) is 0 Å². The first-order valence-electron chi connectivity index (χ1n) is 8.54. The number of hydrogen-bond donors (Lipinski definition) is 3. The van der Waals surface area contributed by atoms with Gasteiger partial charge in [-0.3, -0.25) is 5.10 Å². The van der Waals surface area contributed by atoms with Gasteiger partial charge in [0.05, 0.1) is 12.4 Å². The number of rotatable bonds is 3. The van der Waals surface area contributed by atoms with Crippen molar-refractivity contribution in [2.45, 2.75) is 19.4 Å². The van der Waals surface area contributed by atoms with Crippen LogP contribution in [0.25, 0.3) is 22.4 Å². The molecule has 0 aliphatic carbocycles. The number of aromatic hydroxyl groups is 1. The zero-order chi connectivity index (χ0) is 18.1. The predicted octanol–water partition coefficient (Wildman–Crippen LogP) is 2.67. The number of benzene rings is 1. The average Bonchev–Trinajstić information content (AvgIpc) is 3.16. The van der Waals surface area contributed by atoms with Crippen LogP contribution in [0.5, 0.6) is 5.75 Å². The lowest BCUT2D eigenvalue weighted by molar-refractivity contribution is 0.350. The van der Waals surface area contributed by atoms with Crippen LogP contribution in [-0.2, 0) is 0 Å². The number of aromatic nitrogens is 5. The standard InChI is InChI=1S/C18H21N7O.2ClH/c1-18(2)11-25(6-5-20-18)17-19-10-15(23-24-17)14-4-3-12(7-16(14)26)13-8-21-22-9-13;;/h3-4,7-10,20,26H,5-6,11H2,1-2H3,(H,21,22);2*1H. The third-order valence-corrected chi connectivity index (χ3v) is 4.51. The van der Waals surface area contributed by atoms with Gasteiger partial charge in [-0.25, -0.2) is 4.98 Å². The topological polar surface area (TPSA) is 103 Å². The summed E-state index contributed by atoms with van der Waals surface area (Å²) in [5, 5.41) is 29.1. The van der Waals surface area contributed by atoms with E-state index >= 15 is 0 Å². The van der Waals surface area contributed by atoms with Gasteiger partial charge in [0.25, 0.3) is 0 Å². The summed E-state index contributed by atoms with van der Waals surface area (Å²) in [4.78, 5) is 6.58. The molecule has 1 aromatic carbocycles. The summed E-state index contributed by atoms with van der Waals surface area (Å²) in [6, 6.07) is 5.42. The van der Waals surface area contributed by atoms with Gasteiger partial charge in [0.2, 0.25) is 5.95 Å². The maximum absolute atomic E-state index is 10.4. The molecule has 3 N–H and O–H groups in total. The van der Waals surface area contributed by atoms with Gasteiger partial charge >= 0.3 is 0 Å². The van der Waals surface area contributed by atoms with Gasteiger partial charge in [0.1, 0.15) is 11.4 Å². The van der Waals surface area contributed by atoms with Crippen molar-refractivity contribution in [2.75, 3.05) is 24.5 Å². The van der Waals surface area contributed by atoms with Crippen LogP contribution < -0.4 is 10.2 Å². The zero-order valence-corrected chi connectivity index (χ0v) is 17.2. The number of nitrogens with zero attached hydrogens (tertiary/aromatic N) is 5. The quantitative estimate of drug-likeness (QED) is 0.594. The van der Waals surface area contributed by atoms with E-state index in [9.17, 15) is 5.11 Å². The Hall–Kier alpha value is -2.42. The van der Waals surface area contributed by atoms with E-state index in [1.165, 1.54) is 0 Å². The summed E-state index contributed by atoms with van der Waals surface area (Å²) in [6.45, 7) is 6.85. The van der Waals surface area contributed by atoms with Crippen molar-refractivity contribution in [2.24, 2.45) is 0 Å². The molecular formula is C18H23Cl2N7O. The van der Waals surface area contributed by atoms with Crippen LogP contribution in [0.1, 0.15) is 13.8 Å². The summed E-state index contributed by atoms with van der Waals surface area (Å²) < 4.78 is 0. The first-order valence-corrected chi connectivity index (χ1v) is 8.54. The van der Waals surface area contributed by atoms with Crippen molar-refractivity contribution < 1.29 is 5.11 Å². The Morgan fingerprint density at radius 3 is 2.54 bits per heavy atom. The van der Waals surface area contributed by atoms with E-state index in [4.69, 9.17) is 0 Å². The monoisotopic (exact) mass is 423 g/mol. The first-order chi connectivity index (χ1) is 12.5. The van der Waals surface area contributed by atoms with Gasteiger partial charge in [0.15, 0.2) is 0 Å². The molecule has 4 rings (SSSR count). The van der Waals surface area contributed by atoms with Crippen LogP contribution in [-0.4, -0.2) is 55.7 Å². The van der Waals surface area contributed by atoms with Crippen LogP contribution in [0.3, 0.4) is 0 Å². The van der Waals surface area contributed by atoms with Gasteiger partial charge < -0.3 is 15.3 Å². The number of phenolic OH excluding ortho intramolecular Hbond substituents is 1. The molecule has 150 valence electrons. The molecule has 1 saturated heterocycles. The third-order valence-electron chi connectivity index (χ3n) is 4.51. The van der Waals surface area contributed by atoms with Gasteiger partial charge in [-0.1, -0.05) is 6.07 Å². The Morgan fingerprint density at radius 2 is 1.93 bits per heavy atom. The number of anilines is 1. The number of nitrogens with one attached hydrogen (secondary N) is 2. The van der Waals surface area contributed by atoms with E-state index in [2.05, 4.69) is 49.4 Å². The zero-order valence-electron chi connectivity index (χ0n) is 15.6. The number of H-pyrrole nitrogens is 1. The van der Waals surface area contributed by atoms with Crippen molar-refractivity contribution >= 4 is 30.8 Å². The van der Waals surface area contributed by atoms with E-state index in [0.29, 0.717) is 17.2 Å². The SMILES string of the molecule is CC1(C)CN(c2ncc(-c3ccc(-c4cn[nH]c4)cc3O)nn2)CCN1.Cl.Cl. The predicted molar refractivity (Wildman–Crippen MR) is 113 cm³/mol. The third kappa shape index (κ3) is 4.52. The lowest BCUT2D eigenvalue weighted by atomic mass is 10.0. The van der Waals surface area contributed by atoms with Crippen LogP contribution in [0.4, 0.5) is 5.95 Å². The van der Waals surface area contributed by atoms with E-state index in [1.807, 2.05) is 12.1 Å². The maximum Gasteiger partial charge on any atom is 0.245 e. The molecule has 10 heteroatoms. The molecule has 1 aliphatic rings. The summed E-state index contributed by atoms with van der Waals surface area (Å²) in [5.41, 5.74) is 2.94. The van der Waals surface area contributed by atoms with Gasteiger partial charge in [-0.05, 0) is 31.5 Å². The number of piperazine rings is 1. The molecule has 0 atom stereocenters. The second kappa shape index (κ2) is 8.72. The van der Waals surface area contributed by atoms with E-state index < -0.39 is 0 Å². The first kappa shape index (κ1) is 21.9. The fourth-order valence-electron chi connectivity index (χ4n) is 3.19. The summed E-state index contributed by atoms with van der Waals surface area (Å²) in [6.07, 6.45) is 5.14. The fraction of sp³-hybridized carbons (Fsp3) is 0.333. The lowest BCUT2D eigenvalue weighted by Gasteiger charge is -2.38. The Morgan fingerprint density at radius 1 is 1.11 bits per heavy atom. The smallest absolute Gasteiger partial charge is 0.245 e. The normalized spacial score (nSPS) is 15.4. The minimum Gasteiger partial charge on any atom is -0.507 e. The molecule has 3 heterocycles. The molecule has 0 radical (unpaired) electrons. The molecule has 3 aromatic rings. The second-order valence-corrected chi connectivity index (χ2v) is 7.09. The van der Waals surface area contributed by atoms with Crippen molar-refractivity contribution in [1.82, 2.24) is 30.7 Å². The molecular weight excluding hydrogens is 401 g/mol. The van der Waals surface area contributed by atoms with Crippen LogP contribution in [0.15, 0.2) is 36.8 Å². The highest BCUT2D eigenvalue weighted by atomic mass is 35.5. The van der Waals surface area contributed by atoms with Crippen molar-refractivity contribution in [3.8, 4) is 28.1 Å². The van der Waals surface area contributed by atoms with Gasteiger partial charge in [-0.2, -0.15) is 5.10 Å². The largest absolute Gasteiger partial charge is 0.507 e.